The van der Waals surface area contributed by atoms with Crippen molar-refractivity contribution in [3.63, 3.8) is 0 Å². The lowest BCUT2D eigenvalue weighted by molar-refractivity contribution is 1.09. The van der Waals surface area contributed by atoms with E-state index in [9.17, 15) is 0 Å². The van der Waals surface area contributed by atoms with Crippen LogP contribution in [-0.2, 0) is 6.42 Å². The van der Waals surface area contributed by atoms with Gasteiger partial charge in [0, 0.05) is 34.3 Å². The Kier molecular flexibility index (Phi) is 4.92. The molecule has 7 aromatic rings. The van der Waals surface area contributed by atoms with Crippen LogP contribution in [0.3, 0.4) is 0 Å². The van der Waals surface area contributed by atoms with Crippen molar-refractivity contribution in [3.8, 4) is 16.8 Å². The van der Waals surface area contributed by atoms with Gasteiger partial charge in [0.15, 0.2) is 0 Å². The van der Waals surface area contributed by atoms with Gasteiger partial charge in [-0.3, -0.25) is 0 Å². The minimum absolute atomic E-state index is 0.916. The van der Waals surface area contributed by atoms with E-state index >= 15 is 0 Å². The number of aromatic nitrogens is 1. The van der Waals surface area contributed by atoms with E-state index in [4.69, 9.17) is 0 Å². The highest BCUT2D eigenvalue weighted by Gasteiger charge is 2.26. The van der Waals surface area contributed by atoms with Crippen molar-refractivity contribution < 1.29 is 0 Å². The second-order valence-corrected chi connectivity index (χ2v) is 10.2. The first-order valence-electron chi connectivity index (χ1n) is 13.5. The minimum atomic E-state index is 0.916. The van der Waals surface area contributed by atoms with Crippen molar-refractivity contribution in [1.29, 1.82) is 0 Å². The predicted molar refractivity (Wildman–Crippen MR) is 164 cm³/mol. The standard InChI is InChI=1S/C37H26N2/c1-2-12-28(13-3-1)38-34-17-7-4-11-27(34)25-33-30(16-10-20-37(33)38)26-21-23-29(24-22-26)39-35-18-8-5-14-31(35)32-15-6-9-19-36(32)39/h1-24H,25H2. The molecule has 1 aliphatic heterocycles. The molecular formula is C37H26N2. The van der Waals surface area contributed by atoms with Gasteiger partial charge < -0.3 is 9.47 Å². The largest absolute Gasteiger partial charge is 0.310 e. The minimum Gasteiger partial charge on any atom is -0.310 e. The third-order valence-electron chi connectivity index (χ3n) is 8.02. The molecule has 0 unspecified atom stereocenters. The molecule has 2 heteroatoms. The summed E-state index contributed by atoms with van der Waals surface area (Å²) in [6.45, 7) is 0. The number of benzene rings is 6. The molecule has 0 amide bonds. The summed E-state index contributed by atoms with van der Waals surface area (Å²) in [6, 6.07) is 52.6. The maximum absolute atomic E-state index is 2.41. The van der Waals surface area contributed by atoms with E-state index in [1.165, 1.54) is 66.8 Å². The average molecular weight is 499 g/mol. The van der Waals surface area contributed by atoms with Gasteiger partial charge in [-0.25, -0.2) is 0 Å². The number of rotatable bonds is 3. The molecule has 0 saturated heterocycles. The lowest BCUT2D eigenvalue weighted by Gasteiger charge is -2.34. The van der Waals surface area contributed by atoms with Gasteiger partial charge in [-0.05, 0) is 70.8 Å². The Morgan fingerprint density at radius 3 is 1.79 bits per heavy atom. The van der Waals surface area contributed by atoms with Gasteiger partial charge in [0.1, 0.15) is 0 Å². The monoisotopic (exact) mass is 498 g/mol. The van der Waals surface area contributed by atoms with Crippen LogP contribution in [0.25, 0.3) is 38.6 Å². The fourth-order valence-corrected chi connectivity index (χ4v) is 6.29. The zero-order chi connectivity index (χ0) is 25.8. The zero-order valence-electron chi connectivity index (χ0n) is 21.5. The second kappa shape index (κ2) is 8.75. The van der Waals surface area contributed by atoms with E-state index in [0.29, 0.717) is 0 Å². The lowest BCUT2D eigenvalue weighted by atomic mass is 9.88. The number of fused-ring (bicyclic) bond motifs is 5. The number of nitrogens with zero attached hydrogens (tertiary/aromatic N) is 2. The first-order valence-corrected chi connectivity index (χ1v) is 13.5. The van der Waals surface area contributed by atoms with Gasteiger partial charge in [0.25, 0.3) is 0 Å². The maximum atomic E-state index is 2.41. The maximum Gasteiger partial charge on any atom is 0.0541 e. The van der Waals surface area contributed by atoms with Gasteiger partial charge in [-0.1, -0.05) is 97.1 Å². The van der Waals surface area contributed by atoms with Crippen molar-refractivity contribution in [3.05, 3.63) is 157 Å². The molecule has 0 atom stereocenters. The molecular weight excluding hydrogens is 472 g/mol. The van der Waals surface area contributed by atoms with Crippen molar-refractivity contribution in [2.45, 2.75) is 6.42 Å². The Balaban J connectivity index is 1.27. The molecule has 0 saturated carbocycles. The normalized spacial score (nSPS) is 12.5. The molecule has 6 aromatic carbocycles. The van der Waals surface area contributed by atoms with Crippen molar-refractivity contribution in [2.75, 3.05) is 4.90 Å². The van der Waals surface area contributed by atoms with Gasteiger partial charge in [-0.2, -0.15) is 0 Å². The molecule has 2 heterocycles. The molecule has 0 spiro atoms. The third kappa shape index (κ3) is 3.42. The number of hydrogen-bond donors (Lipinski definition) is 0. The summed E-state index contributed by atoms with van der Waals surface area (Å²) >= 11 is 0. The van der Waals surface area contributed by atoms with E-state index in [2.05, 4.69) is 155 Å². The van der Waals surface area contributed by atoms with Crippen LogP contribution in [0.2, 0.25) is 0 Å². The lowest BCUT2D eigenvalue weighted by Crippen LogP contribution is -2.19. The van der Waals surface area contributed by atoms with E-state index in [0.717, 1.165) is 6.42 Å². The summed E-state index contributed by atoms with van der Waals surface area (Å²) < 4.78 is 2.38. The summed E-state index contributed by atoms with van der Waals surface area (Å²) in [7, 11) is 0. The molecule has 39 heavy (non-hydrogen) atoms. The second-order valence-electron chi connectivity index (χ2n) is 10.2. The quantitative estimate of drug-likeness (QED) is 0.235. The molecule has 1 aromatic heterocycles. The van der Waals surface area contributed by atoms with Crippen molar-refractivity contribution in [1.82, 2.24) is 4.57 Å². The molecule has 1 aliphatic rings. The van der Waals surface area contributed by atoms with Crippen molar-refractivity contribution in [2.24, 2.45) is 0 Å². The van der Waals surface area contributed by atoms with Crippen LogP contribution in [0.15, 0.2) is 146 Å². The van der Waals surface area contributed by atoms with E-state index in [1.807, 2.05) is 0 Å². The molecule has 8 rings (SSSR count). The van der Waals surface area contributed by atoms with Crippen LogP contribution in [0.1, 0.15) is 11.1 Å². The summed E-state index contributed by atoms with van der Waals surface area (Å²) in [5.74, 6) is 0. The van der Waals surface area contributed by atoms with Crippen LogP contribution in [0.4, 0.5) is 17.1 Å². The number of para-hydroxylation sites is 4. The summed E-state index contributed by atoms with van der Waals surface area (Å²) in [4.78, 5) is 2.41. The third-order valence-corrected chi connectivity index (χ3v) is 8.02. The highest BCUT2D eigenvalue weighted by Crippen LogP contribution is 2.46. The van der Waals surface area contributed by atoms with E-state index in [1.54, 1.807) is 0 Å². The average Bonchev–Trinajstić information content (AvgIpc) is 3.34. The van der Waals surface area contributed by atoms with Crippen LogP contribution in [-0.4, -0.2) is 4.57 Å². The highest BCUT2D eigenvalue weighted by molar-refractivity contribution is 6.09. The SMILES string of the molecule is c1ccc(N2c3ccccc3Cc3c(-c4ccc(-n5c6ccccc6c6ccccc65)cc4)cccc32)cc1. The first kappa shape index (κ1) is 22.0. The summed E-state index contributed by atoms with van der Waals surface area (Å²) in [6.07, 6.45) is 0.916. The smallest absolute Gasteiger partial charge is 0.0541 e. The highest BCUT2D eigenvalue weighted by atomic mass is 15.2. The molecule has 0 N–H and O–H groups in total. The van der Waals surface area contributed by atoms with Crippen LogP contribution in [0.5, 0.6) is 0 Å². The zero-order valence-corrected chi connectivity index (χ0v) is 21.5. The number of hydrogen-bond acceptors (Lipinski definition) is 1. The first-order chi connectivity index (χ1) is 19.4. The fraction of sp³-hybridized carbons (Fsp3) is 0.0270. The van der Waals surface area contributed by atoms with Gasteiger partial charge >= 0.3 is 0 Å². The van der Waals surface area contributed by atoms with Crippen LogP contribution in [0, 0.1) is 0 Å². The molecule has 0 bridgehead atoms. The Morgan fingerprint density at radius 1 is 0.436 bits per heavy atom. The van der Waals surface area contributed by atoms with Crippen molar-refractivity contribution >= 4 is 38.9 Å². The molecule has 2 nitrogen and oxygen atoms in total. The van der Waals surface area contributed by atoms with Gasteiger partial charge in [-0.15, -0.1) is 0 Å². The fourth-order valence-electron chi connectivity index (χ4n) is 6.29. The Bertz CT molecular complexity index is 1930. The van der Waals surface area contributed by atoms with E-state index < -0.39 is 0 Å². The Labute approximate surface area is 228 Å². The molecule has 0 radical (unpaired) electrons. The molecule has 0 fully saturated rings. The van der Waals surface area contributed by atoms with Gasteiger partial charge in [0.2, 0.25) is 0 Å². The van der Waals surface area contributed by atoms with Gasteiger partial charge in [0.05, 0.1) is 16.7 Å². The number of anilines is 3. The van der Waals surface area contributed by atoms with E-state index in [-0.39, 0.29) is 0 Å². The Morgan fingerprint density at radius 2 is 1.05 bits per heavy atom. The predicted octanol–water partition coefficient (Wildman–Crippen LogP) is 9.82. The van der Waals surface area contributed by atoms with Crippen LogP contribution >= 0.6 is 0 Å². The summed E-state index contributed by atoms with van der Waals surface area (Å²) in [5.41, 5.74) is 12.6. The topological polar surface area (TPSA) is 8.17 Å². The van der Waals surface area contributed by atoms with Crippen LogP contribution < -0.4 is 4.90 Å². The Hall–Kier alpha value is -5.08. The molecule has 0 aliphatic carbocycles. The molecule has 184 valence electrons. The summed E-state index contributed by atoms with van der Waals surface area (Å²) in [5, 5.41) is 2.57.